The van der Waals surface area contributed by atoms with Gasteiger partial charge in [-0.2, -0.15) is 5.26 Å². The molecule has 0 saturated carbocycles. The third-order valence-corrected chi connectivity index (χ3v) is 21.8. The topological polar surface area (TPSA) is 419 Å². The number of aldehydes is 1. The molecule has 1 aliphatic heterocycles. The van der Waals surface area contributed by atoms with E-state index in [0.29, 0.717) is 82.1 Å². The fourth-order valence-electron chi connectivity index (χ4n) is 12.8. The van der Waals surface area contributed by atoms with Crippen molar-refractivity contribution in [1.82, 2.24) is 70.1 Å². The van der Waals surface area contributed by atoms with Gasteiger partial charge in [0, 0.05) is 138 Å². The fourth-order valence-corrected chi connectivity index (χ4v) is 14.1. The number of nitrogen functional groups attached to an aromatic ring is 2. The smallest absolute Gasteiger partial charge is 0.316 e. The minimum absolute atomic E-state index is 0. The number of ketones is 1. The summed E-state index contributed by atoms with van der Waals surface area (Å²) in [6.45, 7) is 22.5. The van der Waals surface area contributed by atoms with Crippen LogP contribution in [0.25, 0.3) is 67.6 Å². The Labute approximate surface area is 836 Å². The Morgan fingerprint density at radius 2 is 1.00 bits per heavy atom. The molecule has 724 valence electrons. The van der Waals surface area contributed by atoms with Crippen LogP contribution >= 0.6 is 93.6 Å². The van der Waals surface area contributed by atoms with Crippen molar-refractivity contribution in [2.24, 2.45) is 17.6 Å². The van der Waals surface area contributed by atoms with Crippen LogP contribution in [0.15, 0.2) is 194 Å². The largest absolute Gasteiger partial charge is 0.465 e. The van der Waals surface area contributed by atoms with Crippen LogP contribution in [0.2, 0.25) is 35.3 Å². The maximum atomic E-state index is 14.4. The molecule has 0 radical (unpaired) electrons. The predicted molar refractivity (Wildman–Crippen MR) is 539 cm³/mol. The third kappa shape index (κ3) is 30.2. The van der Waals surface area contributed by atoms with E-state index in [-0.39, 0.29) is 116 Å². The highest BCUT2D eigenvalue weighted by Gasteiger charge is 2.26. The highest BCUT2D eigenvalue weighted by atomic mass is 35.5. The summed E-state index contributed by atoms with van der Waals surface area (Å²) in [6, 6.07) is 33.6. The number of ether oxygens (including phenoxy) is 1. The number of halogens is 14. The van der Waals surface area contributed by atoms with Crippen LogP contribution in [0.4, 0.5) is 60.9 Å². The quantitative estimate of drug-likeness (QED) is 0.00414. The maximum absolute atomic E-state index is 14.4. The average molecular weight is 2060 g/mol. The van der Waals surface area contributed by atoms with Crippen LogP contribution in [0.3, 0.4) is 0 Å². The van der Waals surface area contributed by atoms with E-state index in [1.165, 1.54) is 134 Å². The summed E-state index contributed by atoms with van der Waals surface area (Å²) in [7, 11) is 1.39. The number of anilines is 6. The van der Waals surface area contributed by atoms with Gasteiger partial charge >= 0.3 is 5.97 Å². The lowest BCUT2D eigenvalue weighted by atomic mass is 9.98. The minimum Gasteiger partial charge on any atom is -0.465 e. The number of rotatable bonds is 19. The first kappa shape index (κ1) is 111. The molecule has 1 unspecified atom stereocenters. The molecule has 0 aliphatic carbocycles. The Kier molecular flexibility index (Phi) is 41.5. The zero-order valence-corrected chi connectivity index (χ0v) is 82.5. The molecule has 10 heterocycles. The van der Waals surface area contributed by atoms with Gasteiger partial charge in [0.1, 0.15) is 98.7 Å². The maximum Gasteiger partial charge on any atom is 0.316 e. The van der Waals surface area contributed by atoms with Crippen molar-refractivity contribution in [1.29, 1.82) is 10.7 Å². The number of pyridine rings is 3. The molecule has 0 saturated heterocycles. The molecular formula is C98H93Cl8F6N21O6. The van der Waals surface area contributed by atoms with Crippen molar-refractivity contribution in [3.63, 3.8) is 0 Å². The number of amides is 1. The number of aromatic amines is 3. The number of nitrogens with one attached hydrogen (secondary N) is 8. The number of hydrogen-bond donors (Lipinski definition) is 10. The van der Waals surface area contributed by atoms with E-state index in [2.05, 4.69) is 105 Å². The van der Waals surface area contributed by atoms with Gasteiger partial charge < -0.3 is 57.2 Å². The first-order valence-corrected chi connectivity index (χ1v) is 44.9. The molecule has 139 heavy (non-hydrogen) atoms. The van der Waals surface area contributed by atoms with Gasteiger partial charge in [-0.1, -0.05) is 150 Å². The number of hydrogen-bond acceptors (Lipinski definition) is 22. The second-order valence-electron chi connectivity index (χ2n) is 31.4. The summed E-state index contributed by atoms with van der Waals surface area (Å²) in [5.74, 6) is -2.24. The highest BCUT2D eigenvalue weighted by molar-refractivity contribution is 6.45. The van der Waals surface area contributed by atoms with E-state index < -0.39 is 58.5 Å². The summed E-state index contributed by atoms with van der Waals surface area (Å²) in [5, 5.41) is 31.4. The number of nitrogens with zero attached hydrogens (tertiary/aromatic N) is 11. The first-order chi connectivity index (χ1) is 65.6. The Morgan fingerprint density at radius 3 is 1.46 bits per heavy atom. The average Bonchev–Trinajstić information content (AvgIpc) is 1.57. The Bertz CT molecular complexity index is 7010. The molecule has 1 atom stereocenters. The van der Waals surface area contributed by atoms with Crippen molar-refractivity contribution in [3.8, 4) is 51.6 Å². The normalized spacial score (nSPS) is 11.1. The number of amidine groups is 1. The summed E-state index contributed by atoms with van der Waals surface area (Å²) in [5.41, 5.74) is 19.3. The molecule has 0 fully saturated rings. The molecule has 9 aromatic heterocycles. The lowest BCUT2D eigenvalue weighted by molar-refractivity contribution is -0.150. The van der Waals surface area contributed by atoms with Crippen molar-refractivity contribution in [3.05, 3.63) is 314 Å². The molecule has 1 aliphatic rings. The number of fused-ring (bicyclic) bond motifs is 3. The van der Waals surface area contributed by atoms with E-state index in [9.17, 15) is 50.3 Å². The van der Waals surface area contributed by atoms with Crippen LogP contribution in [0.1, 0.15) is 149 Å². The molecule has 0 spiro atoms. The van der Waals surface area contributed by atoms with E-state index in [0.717, 1.165) is 57.9 Å². The van der Waals surface area contributed by atoms with Gasteiger partial charge in [0.15, 0.2) is 17.5 Å². The molecule has 12 N–H and O–H groups in total. The van der Waals surface area contributed by atoms with Crippen molar-refractivity contribution in [2.75, 3.05) is 41.9 Å². The van der Waals surface area contributed by atoms with Gasteiger partial charge in [0.25, 0.3) is 17.2 Å². The van der Waals surface area contributed by atoms with Crippen LogP contribution in [-0.4, -0.2) is 115 Å². The van der Waals surface area contributed by atoms with Crippen LogP contribution in [0.5, 0.6) is 0 Å². The monoisotopic (exact) mass is 2050 g/mol. The molecule has 41 heteroatoms. The second kappa shape index (κ2) is 52.2. The van der Waals surface area contributed by atoms with Gasteiger partial charge in [-0.25, -0.2) is 76.2 Å². The van der Waals surface area contributed by atoms with Gasteiger partial charge in [0.05, 0.1) is 62.3 Å². The Hall–Kier alpha value is -13.7. The number of carbonyl (C=O) groups excluding carboxylic acids is 4. The summed E-state index contributed by atoms with van der Waals surface area (Å²) in [4.78, 5) is 109. The van der Waals surface area contributed by atoms with Crippen molar-refractivity contribution in [2.45, 2.75) is 106 Å². The summed E-state index contributed by atoms with van der Waals surface area (Å²) in [6.07, 6.45) is 16.4. The molecule has 16 rings (SSSR count). The van der Waals surface area contributed by atoms with Gasteiger partial charge in [-0.05, 0) is 176 Å². The molecule has 15 aromatic rings. The second-order valence-corrected chi connectivity index (χ2v) is 34.4. The van der Waals surface area contributed by atoms with Crippen LogP contribution in [0, 0.1) is 63.5 Å². The first-order valence-electron chi connectivity index (χ1n) is 42.3. The van der Waals surface area contributed by atoms with Crippen molar-refractivity contribution < 1.29 is 50.3 Å². The number of esters is 1. The molecule has 6 aromatic carbocycles. The molecular weight excluding hydrogens is 1960 g/mol. The minimum atomic E-state index is -0.741. The number of nitrogens with two attached hydrogens (primary N) is 2. The molecule has 1 amide bonds. The number of carbonyl (C=O) groups is 4. The van der Waals surface area contributed by atoms with E-state index in [1.807, 2.05) is 79.8 Å². The van der Waals surface area contributed by atoms with Gasteiger partial charge in [-0.15, -0.1) is 12.4 Å². The van der Waals surface area contributed by atoms with E-state index >= 15 is 0 Å². The SMILES string of the molecule is CC(C)c1cnc(-c2cc(Cl)ccc2F)[nH]c1=O.CC(C)c1cnc(-c2cc(Cl)ccc2F)nc1Cl.CC(C)c1cnc(-c2cc(Cl)ccc2F)nc1Nc1ccnc2[nH]ccc12.CCOC(=O)C(C=O)C(C)C.CNC(=O)C(=O)c1c[nH]c2nccc(Nc3nc(-c4cc(Cl)ccc4F)ncc3C(C)C)c12.Cl.N#Cc1cc(Cl)ccc1F.N=C(N)c1cc(Cl)ccc1F.Nc1ccnc2c1CCN2. The van der Waals surface area contributed by atoms with Crippen LogP contribution in [-0.2, 0) is 25.5 Å². The molecule has 0 bridgehead atoms. The standard InChI is InChI=1S/C23H20ClFN6O2.C20H17ClFN5.C13H11Cl2FN2.C13H12ClFN2O.C8H14O3.C7H6ClFN2.C7H3ClFN.C7H9N3.ClH/c1-11(2)14-9-28-20(13-8-12(24)4-5-16(13)25)31-21(14)30-17-6-7-27-22-18(17)15(10-29-22)19(32)23(33)26-3;1-11(2)15-10-25-19(14-9-12(21)3-4-16(14)22)27-20(15)26-17-6-8-24-18-13(17)5-7-23-18;1-7(2)10-6-17-13(18-12(10)15)9-5-8(14)3-4-11(9)16;1-7(2)10-6-16-12(17-13(10)18)9-5-8(14)3-4-11(9)15;1-4-11-8(10)7(5-9)6(2)3;8-4-1-2-6(9)5(3-4)7(10)11;8-6-1-2-7(9)5(3-6)4-10;8-6-2-4-10-7-5(6)1-3-9-7;/h4-11H,1-3H3,(H,26,33)(H2,27,28,29,30,31);3-11H,1-2H3,(H2,23,24,25,26,27);3-7H,1-2H3;3-7H,1-2H3,(H,16,17,18);5-7H,4H2,1-3H3;1-3H,(H3,10,11);1-3H;2,4H,1,3H2,(H3,8,9,10);1H. The van der Waals surface area contributed by atoms with E-state index in [1.54, 1.807) is 56.2 Å². The number of H-pyrrole nitrogens is 3. The van der Waals surface area contributed by atoms with Crippen molar-refractivity contribution >= 4 is 180 Å². The number of likely N-dealkylation sites (N-methyl/N-ethyl adjacent to an activating group) is 1. The lowest BCUT2D eigenvalue weighted by Crippen LogP contribution is -2.27. The number of benzene rings is 6. The van der Waals surface area contributed by atoms with Gasteiger partial charge in [-0.3, -0.25) is 24.6 Å². The predicted octanol–water partition coefficient (Wildman–Crippen LogP) is 24.5. The summed E-state index contributed by atoms with van der Waals surface area (Å²) >= 11 is 40.8. The van der Waals surface area contributed by atoms with Crippen LogP contribution < -0.4 is 38.3 Å². The highest BCUT2D eigenvalue weighted by Crippen LogP contribution is 2.37. The number of nitriles is 1. The van der Waals surface area contributed by atoms with E-state index in [4.69, 9.17) is 103 Å². The lowest BCUT2D eigenvalue weighted by Gasteiger charge is -2.16. The fraction of sp³-hybridized carbons (Fsp3) is 0.214. The summed E-state index contributed by atoms with van der Waals surface area (Å²) < 4.78 is 85.9. The molecule has 27 nitrogen and oxygen atoms in total. The zero-order chi connectivity index (χ0) is 101. The van der Waals surface area contributed by atoms with Gasteiger partial charge in [0.2, 0.25) is 0 Å². The third-order valence-electron chi connectivity index (χ3n) is 20.1. The number of Topliss-reactive ketones (excluding diaryl/α,β-unsaturated/α-hetero) is 1. The zero-order valence-electron chi connectivity index (χ0n) is 76.4. The number of aromatic nitrogens is 13. The Morgan fingerprint density at radius 1 is 0.547 bits per heavy atom. The Balaban J connectivity index is 0.000000203.